The number of aromatic hydroxyl groups is 1. The fourth-order valence-corrected chi connectivity index (χ4v) is 5.48. The Morgan fingerprint density at radius 1 is 1.07 bits per heavy atom. The molecule has 2 aromatic rings. The molecule has 1 amide bonds. The summed E-state index contributed by atoms with van der Waals surface area (Å²) in [6.45, 7) is 10.5. The summed E-state index contributed by atoms with van der Waals surface area (Å²) in [7, 11) is 0. The van der Waals surface area contributed by atoms with Gasteiger partial charge in [0.05, 0.1) is 5.70 Å². The van der Waals surface area contributed by atoms with E-state index in [4.69, 9.17) is 21.9 Å². The van der Waals surface area contributed by atoms with Crippen LogP contribution in [0.5, 0.6) is 5.75 Å². The predicted octanol–water partition coefficient (Wildman–Crippen LogP) is 3.51. The number of allylic oxidation sites excluding steroid dienone is 1. The van der Waals surface area contributed by atoms with Gasteiger partial charge in [0.25, 0.3) is 0 Å². The van der Waals surface area contributed by atoms with Crippen LogP contribution in [0.2, 0.25) is 0 Å². The first kappa shape index (κ1) is 29.8. The van der Waals surface area contributed by atoms with Crippen LogP contribution in [0, 0.1) is 5.92 Å². The van der Waals surface area contributed by atoms with E-state index in [0.29, 0.717) is 54.4 Å². The number of carbonyl (C=O) groups excluding carboxylic acids is 1. The molecule has 11 nitrogen and oxygen atoms in total. The van der Waals surface area contributed by atoms with E-state index < -0.39 is 5.60 Å². The molecule has 2 fully saturated rings. The maximum atomic E-state index is 12.4. The number of phenolic OH excluding ortho intramolecular Hbond substituents is 1. The summed E-state index contributed by atoms with van der Waals surface area (Å²) < 4.78 is 5.51. The standard InChI is InChI=1S/C30H44N8O3/c1-19-13-22(18-38(17-19)25(27(32)33)14-24(31)23-7-5-6-8-26(23)39)36-28-34-15-21(16-35-28)20-9-11-37(12-10-20)29(40)41-30(2,3)4/h5-8,14-16,19-20,22,39H,9-13,17-18,31-33H2,1-4H3,(H,34,35,36)/b24-14-. The van der Waals surface area contributed by atoms with Gasteiger partial charge in [-0.05, 0) is 75.6 Å². The molecule has 2 unspecified atom stereocenters. The van der Waals surface area contributed by atoms with Gasteiger partial charge in [-0.2, -0.15) is 0 Å². The molecule has 2 aliphatic rings. The van der Waals surface area contributed by atoms with Crippen molar-refractivity contribution in [2.45, 2.75) is 64.5 Å². The molecule has 4 rings (SSSR count). The minimum absolute atomic E-state index is 0.0655. The summed E-state index contributed by atoms with van der Waals surface area (Å²) in [5.41, 5.74) is 20.6. The van der Waals surface area contributed by atoms with E-state index >= 15 is 0 Å². The molecular formula is C30H44N8O3. The molecule has 8 N–H and O–H groups in total. The van der Waals surface area contributed by atoms with E-state index in [0.717, 1.165) is 31.4 Å². The van der Waals surface area contributed by atoms with E-state index in [2.05, 4.69) is 27.1 Å². The van der Waals surface area contributed by atoms with Crippen LogP contribution < -0.4 is 22.5 Å². The Balaban J connectivity index is 1.37. The lowest BCUT2D eigenvalue weighted by atomic mass is 9.91. The number of hydrogen-bond acceptors (Lipinski definition) is 10. The zero-order valence-corrected chi connectivity index (χ0v) is 24.5. The monoisotopic (exact) mass is 564 g/mol. The lowest BCUT2D eigenvalue weighted by molar-refractivity contribution is 0.0204. The van der Waals surface area contributed by atoms with Gasteiger partial charge in [0.15, 0.2) is 0 Å². The molecule has 2 aliphatic heterocycles. The highest BCUT2D eigenvalue weighted by Gasteiger charge is 2.29. The number of carbonyl (C=O) groups is 1. The smallest absolute Gasteiger partial charge is 0.410 e. The van der Waals surface area contributed by atoms with Gasteiger partial charge in [0, 0.05) is 55.9 Å². The van der Waals surface area contributed by atoms with Gasteiger partial charge in [0.1, 0.15) is 17.2 Å². The van der Waals surface area contributed by atoms with Crippen LogP contribution in [-0.2, 0) is 4.74 Å². The van der Waals surface area contributed by atoms with Crippen molar-refractivity contribution in [3.8, 4) is 5.75 Å². The summed E-state index contributed by atoms with van der Waals surface area (Å²) in [5, 5.41) is 13.7. The van der Waals surface area contributed by atoms with Crippen LogP contribution in [0.3, 0.4) is 0 Å². The van der Waals surface area contributed by atoms with Crippen molar-refractivity contribution in [3.63, 3.8) is 0 Å². The summed E-state index contributed by atoms with van der Waals surface area (Å²) >= 11 is 0. The molecule has 11 heteroatoms. The lowest BCUT2D eigenvalue weighted by Gasteiger charge is -2.39. The first-order chi connectivity index (χ1) is 19.4. The largest absolute Gasteiger partial charge is 0.507 e. The second-order valence-electron chi connectivity index (χ2n) is 12.1. The molecular weight excluding hydrogens is 520 g/mol. The molecule has 0 aliphatic carbocycles. The average molecular weight is 565 g/mol. The second-order valence-corrected chi connectivity index (χ2v) is 12.1. The molecule has 222 valence electrons. The van der Waals surface area contributed by atoms with Crippen LogP contribution in [-0.4, -0.2) is 68.8 Å². The van der Waals surface area contributed by atoms with E-state index in [1.165, 1.54) is 0 Å². The number of rotatable bonds is 6. The highest BCUT2D eigenvalue weighted by atomic mass is 16.6. The first-order valence-corrected chi connectivity index (χ1v) is 14.2. The summed E-state index contributed by atoms with van der Waals surface area (Å²) in [5.74, 6) is 1.47. The zero-order chi connectivity index (χ0) is 29.7. The van der Waals surface area contributed by atoms with E-state index in [-0.39, 0.29) is 23.7 Å². The second kappa shape index (κ2) is 12.6. The minimum atomic E-state index is -0.497. The van der Waals surface area contributed by atoms with Gasteiger partial charge in [-0.3, -0.25) is 0 Å². The van der Waals surface area contributed by atoms with Crippen molar-refractivity contribution < 1.29 is 14.6 Å². The molecule has 2 saturated heterocycles. The summed E-state index contributed by atoms with van der Waals surface area (Å²) in [6.07, 6.45) is 7.85. The highest BCUT2D eigenvalue weighted by molar-refractivity contribution is 5.70. The molecule has 2 atom stereocenters. The van der Waals surface area contributed by atoms with Gasteiger partial charge < -0.3 is 42.2 Å². The maximum Gasteiger partial charge on any atom is 0.410 e. The molecule has 0 spiro atoms. The van der Waals surface area contributed by atoms with Crippen molar-refractivity contribution in [1.82, 2.24) is 19.8 Å². The number of hydrogen-bond donors (Lipinski definition) is 5. The normalized spacial score (nSPS) is 20.4. The topological polar surface area (TPSA) is 169 Å². The fraction of sp³-hybridized carbons (Fsp3) is 0.500. The number of nitrogens with two attached hydrogens (primary N) is 3. The fourth-order valence-electron chi connectivity index (χ4n) is 5.48. The molecule has 1 aromatic heterocycles. The zero-order valence-electron chi connectivity index (χ0n) is 24.5. The third-order valence-electron chi connectivity index (χ3n) is 7.43. The number of aromatic nitrogens is 2. The van der Waals surface area contributed by atoms with Crippen molar-refractivity contribution >= 4 is 17.7 Å². The number of anilines is 1. The SMILES string of the molecule is CC1CC(Nc2ncc(C3CCN(C(=O)OC(C)(C)C)CC3)cn2)CN(C(/C=C(\N)c2ccccc2O)=C(N)N)C1. The van der Waals surface area contributed by atoms with Crippen LogP contribution in [0.4, 0.5) is 10.7 Å². The van der Waals surface area contributed by atoms with Crippen molar-refractivity contribution in [2.75, 3.05) is 31.5 Å². The van der Waals surface area contributed by atoms with Crippen molar-refractivity contribution in [3.05, 3.63) is 65.4 Å². The Labute approximate surface area is 242 Å². The molecule has 0 saturated carbocycles. The minimum Gasteiger partial charge on any atom is -0.507 e. The molecule has 3 heterocycles. The van der Waals surface area contributed by atoms with Gasteiger partial charge in [-0.15, -0.1) is 0 Å². The number of para-hydroxylation sites is 1. The third-order valence-corrected chi connectivity index (χ3v) is 7.43. The van der Waals surface area contributed by atoms with Gasteiger partial charge in [-0.1, -0.05) is 19.1 Å². The molecule has 0 radical (unpaired) electrons. The third kappa shape index (κ3) is 7.96. The van der Waals surface area contributed by atoms with Crippen LogP contribution in [0.15, 0.2) is 54.3 Å². The van der Waals surface area contributed by atoms with E-state index in [9.17, 15) is 9.90 Å². The van der Waals surface area contributed by atoms with Crippen LogP contribution in [0.1, 0.15) is 64.0 Å². The Morgan fingerprint density at radius 3 is 2.34 bits per heavy atom. The van der Waals surface area contributed by atoms with Crippen molar-refractivity contribution in [1.29, 1.82) is 0 Å². The number of phenols is 1. The quantitative estimate of drug-likeness (QED) is 0.327. The van der Waals surface area contributed by atoms with Gasteiger partial charge in [0.2, 0.25) is 5.95 Å². The Kier molecular flexibility index (Phi) is 9.14. The van der Waals surface area contributed by atoms with Gasteiger partial charge in [-0.25, -0.2) is 14.8 Å². The summed E-state index contributed by atoms with van der Waals surface area (Å²) in [6, 6.07) is 6.96. The number of ether oxygens (including phenoxy) is 1. The molecule has 1 aromatic carbocycles. The number of likely N-dealkylation sites (tertiary alicyclic amines) is 2. The number of nitrogens with zero attached hydrogens (tertiary/aromatic N) is 4. The van der Waals surface area contributed by atoms with E-state index in [1.807, 2.05) is 39.2 Å². The van der Waals surface area contributed by atoms with Crippen LogP contribution >= 0.6 is 0 Å². The Bertz CT molecular complexity index is 1260. The summed E-state index contributed by atoms with van der Waals surface area (Å²) in [4.78, 5) is 25.5. The van der Waals surface area contributed by atoms with Crippen LogP contribution in [0.25, 0.3) is 5.70 Å². The predicted molar refractivity (Wildman–Crippen MR) is 160 cm³/mol. The number of piperidine rings is 2. The van der Waals surface area contributed by atoms with Crippen molar-refractivity contribution in [2.24, 2.45) is 23.1 Å². The maximum absolute atomic E-state index is 12.4. The first-order valence-electron chi connectivity index (χ1n) is 14.2. The number of benzene rings is 1. The molecule has 41 heavy (non-hydrogen) atoms. The number of nitrogens with one attached hydrogen (secondary N) is 1. The number of amides is 1. The Hall–Kier alpha value is -4.15. The lowest BCUT2D eigenvalue weighted by Crippen LogP contribution is -2.46. The highest BCUT2D eigenvalue weighted by Crippen LogP contribution is 2.29. The van der Waals surface area contributed by atoms with E-state index in [1.54, 1.807) is 29.2 Å². The Morgan fingerprint density at radius 2 is 1.73 bits per heavy atom. The molecule has 0 bridgehead atoms. The average Bonchev–Trinajstić information content (AvgIpc) is 2.91. The van der Waals surface area contributed by atoms with Gasteiger partial charge >= 0.3 is 6.09 Å².